The summed E-state index contributed by atoms with van der Waals surface area (Å²) in [6.45, 7) is 1.48. The molecule has 0 bridgehead atoms. The Bertz CT molecular complexity index is 372. The molecule has 2 N–H and O–H groups in total. The van der Waals surface area contributed by atoms with Crippen LogP contribution in [0.5, 0.6) is 6.01 Å². The lowest BCUT2D eigenvalue weighted by Crippen LogP contribution is -2.26. The van der Waals surface area contributed by atoms with Gasteiger partial charge in [-0.2, -0.15) is 4.98 Å². The van der Waals surface area contributed by atoms with Gasteiger partial charge in [-0.05, 0) is 6.92 Å². The molecular weight excluding hydrogens is 222 g/mol. The number of hydrogen-bond acceptors (Lipinski definition) is 5. The molecule has 1 aromatic rings. The summed E-state index contributed by atoms with van der Waals surface area (Å²) < 4.78 is 4.78. The number of rotatable bonds is 4. The average molecular weight is 232 g/mol. The molecule has 82 valence electrons. The van der Waals surface area contributed by atoms with Crippen LogP contribution in [-0.2, 0) is 4.79 Å². The molecule has 0 aromatic carbocycles. The van der Waals surface area contributed by atoms with Gasteiger partial charge in [0.25, 0.3) is 0 Å². The molecule has 1 heterocycles. The number of halogens is 1. The van der Waals surface area contributed by atoms with Crippen molar-refractivity contribution in [2.75, 3.05) is 12.4 Å². The van der Waals surface area contributed by atoms with Gasteiger partial charge in [0.05, 0.1) is 13.3 Å². The Morgan fingerprint density at radius 2 is 2.40 bits per heavy atom. The lowest BCUT2D eigenvalue weighted by Gasteiger charge is -2.11. The molecule has 1 unspecified atom stereocenters. The number of ether oxygens (including phenoxy) is 1. The summed E-state index contributed by atoms with van der Waals surface area (Å²) >= 11 is 5.77. The number of nitrogens with zero attached hydrogens (tertiary/aromatic N) is 2. The third-order valence-electron chi connectivity index (χ3n) is 1.63. The van der Waals surface area contributed by atoms with Gasteiger partial charge in [-0.25, -0.2) is 4.98 Å². The van der Waals surface area contributed by atoms with E-state index in [-0.39, 0.29) is 16.9 Å². The van der Waals surface area contributed by atoms with Gasteiger partial charge in [-0.1, -0.05) is 11.6 Å². The third-order valence-corrected chi connectivity index (χ3v) is 1.90. The maximum atomic E-state index is 10.6. The molecule has 0 amide bonds. The predicted octanol–water partition coefficient (Wildman–Crippen LogP) is 1.02. The van der Waals surface area contributed by atoms with Crippen molar-refractivity contribution in [3.63, 3.8) is 0 Å². The van der Waals surface area contributed by atoms with Crippen molar-refractivity contribution < 1.29 is 14.6 Å². The fraction of sp³-hybridized carbons (Fsp3) is 0.375. The largest absolute Gasteiger partial charge is 0.480 e. The Morgan fingerprint density at radius 1 is 1.73 bits per heavy atom. The number of aromatic nitrogens is 2. The van der Waals surface area contributed by atoms with E-state index in [0.29, 0.717) is 0 Å². The second-order valence-corrected chi connectivity index (χ2v) is 3.16. The Morgan fingerprint density at radius 3 is 2.93 bits per heavy atom. The number of carboxylic acids is 1. The lowest BCUT2D eigenvalue weighted by atomic mass is 10.3. The van der Waals surface area contributed by atoms with E-state index in [9.17, 15) is 4.79 Å². The first-order valence-corrected chi connectivity index (χ1v) is 4.48. The second kappa shape index (κ2) is 4.79. The monoisotopic (exact) mass is 231 g/mol. The minimum absolute atomic E-state index is 0.125. The van der Waals surface area contributed by atoms with E-state index in [1.807, 2.05) is 0 Å². The van der Waals surface area contributed by atoms with Gasteiger partial charge < -0.3 is 15.2 Å². The Hall–Kier alpha value is -1.56. The topological polar surface area (TPSA) is 84.3 Å². The summed E-state index contributed by atoms with van der Waals surface area (Å²) in [6, 6.07) is -0.665. The minimum atomic E-state index is -0.997. The number of carbonyl (C=O) groups is 1. The smallest absolute Gasteiger partial charge is 0.325 e. The van der Waals surface area contributed by atoms with E-state index < -0.39 is 12.0 Å². The van der Waals surface area contributed by atoms with E-state index in [4.69, 9.17) is 21.4 Å². The van der Waals surface area contributed by atoms with Gasteiger partial charge in [0.2, 0.25) is 0 Å². The number of nitrogens with one attached hydrogen (secondary N) is 1. The van der Waals surface area contributed by atoms with Crippen molar-refractivity contribution in [2.24, 2.45) is 0 Å². The molecule has 0 aliphatic heterocycles. The molecule has 0 spiro atoms. The SMILES string of the molecule is COc1ncc(Cl)c(NC(C)C(=O)O)n1. The van der Waals surface area contributed by atoms with E-state index >= 15 is 0 Å². The van der Waals surface area contributed by atoms with Gasteiger partial charge in [0, 0.05) is 0 Å². The van der Waals surface area contributed by atoms with E-state index in [1.165, 1.54) is 20.2 Å². The van der Waals surface area contributed by atoms with Crippen LogP contribution < -0.4 is 10.1 Å². The van der Waals surface area contributed by atoms with Crippen molar-refractivity contribution in [3.05, 3.63) is 11.2 Å². The van der Waals surface area contributed by atoms with Crippen LogP contribution in [-0.4, -0.2) is 34.2 Å². The molecule has 0 saturated carbocycles. The van der Waals surface area contributed by atoms with E-state index in [1.54, 1.807) is 0 Å². The number of hydrogen-bond donors (Lipinski definition) is 2. The van der Waals surface area contributed by atoms with Crippen LogP contribution in [0.3, 0.4) is 0 Å². The van der Waals surface area contributed by atoms with Crippen LogP contribution in [0.2, 0.25) is 5.02 Å². The first kappa shape index (κ1) is 11.5. The lowest BCUT2D eigenvalue weighted by molar-refractivity contribution is -0.137. The normalized spacial score (nSPS) is 11.9. The Balaban J connectivity index is 2.88. The van der Waals surface area contributed by atoms with Crippen molar-refractivity contribution in [2.45, 2.75) is 13.0 Å². The summed E-state index contributed by atoms with van der Waals surface area (Å²) in [5.74, 6) is -0.762. The molecule has 1 aromatic heterocycles. The molecule has 0 aliphatic rings. The van der Waals surface area contributed by atoms with Crippen molar-refractivity contribution in [1.82, 2.24) is 9.97 Å². The number of aliphatic carboxylic acids is 1. The summed E-state index contributed by atoms with van der Waals surface area (Å²) in [5, 5.41) is 11.5. The summed E-state index contributed by atoms with van der Waals surface area (Å²) in [7, 11) is 1.41. The predicted molar refractivity (Wildman–Crippen MR) is 54.3 cm³/mol. The summed E-state index contributed by atoms with van der Waals surface area (Å²) in [6.07, 6.45) is 1.34. The Labute approximate surface area is 91.3 Å². The molecule has 0 fully saturated rings. The van der Waals surface area contributed by atoms with Crippen LogP contribution in [0.1, 0.15) is 6.92 Å². The molecule has 0 radical (unpaired) electrons. The van der Waals surface area contributed by atoms with Crippen LogP contribution in [0, 0.1) is 0 Å². The van der Waals surface area contributed by atoms with E-state index in [0.717, 1.165) is 0 Å². The first-order chi connectivity index (χ1) is 7.04. The van der Waals surface area contributed by atoms with Crippen molar-refractivity contribution in [3.8, 4) is 6.01 Å². The van der Waals surface area contributed by atoms with Crippen LogP contribution >= 0.6 is 11.6 Å². The fourth-order valence-electron chi connectivity index (χ4n) is 0.817. The van der Waals surface area contributed by atoms with Crippen molar-refractivity contribution >= 4 is 23.4 Å². The Kier molecular flexibility index (Phi) is 3.68. The van der Waals surface area contributed by atoms with E-state index in [2.05, 4.69) is 15.3 Å². The van der Waals surface area contributed by atoms with Gasteiger partial charge in [0.1, 0.15) is 11.1 Å². The quantitative estimate of drug-likeness (QED) is 0.805. The zero-order valence-corrected chi connectivity index (χ0v) is 8.95. The van der Waals surface area contributed by atoms with Crippen LogP contribution in [0.15, 0.2) is 6.20 Å². The maximum absolute atomic E-state index is 10.6. The highest BCUT2D eigenvalue weighted by molar-refractivity contribution is 6.32. The molecule has 1 atom stereocenters. The molecule has 0 aliphatic carbocycles. The molecule has 15 heavy (non-hydrogen) atoms. The van der Waals surface area contributed by atoms with Crippen LogP contribution in [0.25, 0.3) is 0 Å². The molecule has 0 saturated heterocycles. The molecule has 6 nitrogen and oxygen atoms in total. The van der Waals surface area contributed by atoms with Gasteiger partial charge in [0.15, 0.2) is 5.82 Å². The second-order valence-electron chi connectivity index (χ2n) is 2.76. The number of carboxylic acid groups (broad SMARTS) is 1. The molecular formula is C8H10ClN3O3. The summed E-state index contributed by atoms with van der Waals surface area (Å²) in [4.78, 5) is 18.2. The molecule has 1 rings (SSSR count). The highest BCUT2D eigenvalue weighted by Crippen LogP contribution is 2.20. The minimum Gasteiger partial charge on any atom is -0.480 e. The van der Waals surface area contributed by atoms with Gasteiger partial charge >= 0.3 is 12.0 Å². The standard InChI is InChI=1S/C8H10ClN3O3/c1-4(7(13)14)11-6-5(9)3-10-8(12-6)15-2/h3-4H,1-2H3,(H,13,14)(H,10,11,12). The van der Waals surface area contributed by atoms with Crippen molar-refractivity contribution in [1.29, 1.82) is 0 Å². The highest BCUT2D eigenvalue weighted by Gasteiger charge is 2.14. The zero-order chi connectivity index (χ0) is 11.4. The van der Waals surface area contributed by atoms with Gasteiger partial charge in [-0.3, -0.25) is 4.79 Å². The van der Waals surface area contributed by atoms with Gasteiger partial charge in [-0.15, -0.1) is 0 Å². The summed E-state index contributed by atoms with van der Waals surface area (Å²) in [5.41, 5.74) is 0. The zero-order valence-electron chi connectivity index (χ0n) is 8.19. The number of methoxy groups -OCH3 is 1. The van der Waals surface area contributed by atoms with Crippen LogP contribution in [0.4, 0.5) is 5.82 Å². The third kappa shape index (κ3) is 2.95. The fourth-order valence-corrected chi connectivity index (χ4v) is 0.963. The maximum Gasteiger partial charge on any atom is 0.325 e. The first-order valence-electron chi connectivity index (χ1n) is 4.10. The highest BCUT2D eigenvalue weighted by atomic mass is 35.5. The molecule has 7 heteroatoms. The average Bonchev–Trinajstić information content (AvgIpc) is 2.21. The number of anilines is 1.